The molecular formula is C21H25N5O3. The second-order valence-corrected chi connectivity index (χ2v) is 6.94. The number of hydrogen-bond donors (Lipinski definition) is 4. The summed E-state index contributed by atoms with van der Waals surface area (Å²) in [6, 6.07) is 7.76. The number of carbonyl (C=O) groups is 2. The molecule has 0 saturated heterocycles. The van der Waals surface area contributed by atoms with Crippen molar-refractivity contribution in [2.45, 2.75) is 40.5 Å². The molecule has 8 heteroatoms. The highest BCUT2D eigenvalue weighted by Gasteiger charge is 2.13. The Labute approximate surface area is 169 Å². The average Bonchev–Trinajstić information content (AvgIpc) is 2.65. The molecule has 2 rings (SSSR count). The van der Waals surface area contributed by atoms with Gasteiger partial charge in [-0.05, 0) is 56.9 Å². The van der Waals surface area contributed by atoms with Crippen molar-refractivity contribution in [3.05, 3.63) is 62.1 Å². The van der Waals surface area contributed by atoms with Crippen molar-refractivity contribution in [2.75, 3.05) is 11.9 Å². The summed E-state index contributed by atoms with van der Waals surface area (Å²) in [6.45, 7) is 7.38. The molecule has 8 nitrogen and oxygen atoms in total. The van der Waals surface area contributed by atoms with Gasteiger partial charge in [0.05, 0.1) is 6.54 Å². The van der Waals surface area contributed by atoms with Crippen molar-refractivity contribution in [3.8, 4) is 6.07 Å². The minimum atomic E-state index is -0.431. The van der Waals surface area contributed by atoms with Crippen molar-refractivity contribution in [2.24, 2.45) is 0 Å². The second-order valence-electron chi connectivity index (χ2n) is 6.94. The van der Waals surface area contributed by atoms with Crippen LogP contribution in [0.5, 0.6) is 0 Å². The molecular weight excluding hydrogens is 370 g/mol. The van der Waals surface area contributed by atoms with Crippen LogP contribution in [0.3, 0.4) is 0 Å². The van der Waals surface area contributed by atoms with Crippen molar-refractivity contribution in [1.29, 1.82) is 5.26 Å². The van der Waals surface area contributed by atoms with E-state index in [9.17, 15) is 14.4 Å². The first-order valence-electron chi connectivity index (χ1n) is 9.24. The maximum Gasteiger partial charge on any atom is 0.266 e. The Hall–Kier alpha value is -3.60. The molecule has 0 aliphatic rings. The van der Waals surface area contributed by atoms with Gasteiger partial charge in [0.1, 0.15) is 11.6 Å². The third kappa shape index (κ3) is 5.69. The molecule has 0 fully saturated rings. The molecule has 1 aromatic heterocycles. The number of amides is 2. The second kappa shape index (κ2) is 9.55. The van der Waals surface area contributed by atoms with Gasteiger partial charge in [-0.2, -0.15) is 5.26 Å². The Morgan fingerprint density at radius 3 is 2.45 bits per heavy atom. The highest BCUT2D eigenvalue weighted by atomic mass is 16.2. The molecule has 4 N–H and O–H groups in total. The summed E-state index contributed by atoms with van der Waals surface area (Å²) in [5.74, 6) is -0.741. The number of hydrogen-bond acceptors (Lipinski definition) is 5. The highest BCUT2D eigenvalue weighted by molar-refractivity contribution is 5.84. The predicted octanol–water partition coefficient (Wildman–Crippen LogP) is 1.67. The van der Waals surface area contributed by atoms with Gasteiger partial charge < -0.3 is 10.3 Å². The lowest BCUT2D eigenvalue weighted by atomic mass is 9.99. The van der Waals surface area contributed by atoms with E-state index in [1.165, 1.54) is 0 Å². The number of carbonyl (C=O) groups excluding carboxylic acids is 2. The number of rotatable bonds is 6. The molecule has 2 amide bonds. The van der Waals surface area contributed by atoms with Crippen LogP contribution in [0.1, 0.15) is 39.9 Å². The van der Waals surface area contributed by atoms with Gasteiger partial charge in [0.25, 0.3) is 11.5 Å². The monoisotopic (exact) mass is 395 g/mol. The van der Waals surface area contributed by atoms with E-state index < -0.39 is 5.56 Å². The van der Waals surface area contributed by atoms with Crippen LogP contribution in [-0.4, -0.2) is 23.3 Å². The summed E-state index contributed by atoms with van der Waals surface area (Å²) in [5, 5.41) is 12.1. The summed E-state index contributed by atoms with van der Waals surface area (Å²) >= 11 is 0. The number of aromatic amines is 1. The van der Waals surface area contributed by atoms with Crippen LogP contribution < -0.4 is 21.7 Å². The van der Waals surface area contributed by atoms with Crippen molar-refractivity contribution in [3.63, 3.8) is 0 Å². The van der Waals surface area contributed by atoms with E-state index in [-0.39, 0.29) is 30.3 Å². The fourth-order valence-corrected chi connectivity index (χ4v) is 3.09. The number of nitrogens with one attached hydrogen (secondary N) is 4. The Morgan fingerprint density at radius 2 is 1.79 bits per heavy atom. The molecule has 0 aliphatic carbocycles. The van der Waals surface area contributed by atoms with Gasteiger partial charge in [-0.3, -0.25) is 25.2 Å². The number of pyridine rings is 1. The van der Waals surface area contributed by atoms with E-state index in [2.05, 4.69) is 21.2 Å². The van der Waals surface area contributed by atoms with Crippen LogP contribution in [-0.2, 0) is 16.0 Å². The number of H-pyrrole nitrogens is 1. The largest absolute Gasteiger partial charge is 0.376 e. The topological polar surface area (TPSA) is 127 Å². The maximum atomic E-state index is 12.0. The molecule has 0 bridgehead atoms. The van der Waals surface area contributed by atoms with Crippen LogP contribution >= 0.6 is 0 Å². The lowest BCUT2D eigenvalue weighted by Crippen LogP contribution is -2.44. The number of anilines is 1. The Balaban J connectivity index is 1.84. The third-order valence-electron chi connectivity index (χ3n) is 4.68. The van der Waals surface area contributed by atoms with Gasteiger partial charge in [0, 0.05) is 17.8 Å². The number of benzene rings is 1. The van der Waals surface area contributed by atoms with Crippen LogP contribution in [0.2, 0.25) is 0 Å². The number of nitriles is 1. The molecule has 0 saturated carbocycles. The number of aryl methyl sites for hydroxylation is 3. The maximum absolute atomic E-state index is 12.0. The molecule has 0 spiro atoms. The van der Waals surface area contributed by atoms with Gasteiger partial charge in [0.15, 0.2) is 0 Å². The molecule has 152 valence electrons. The number of aromatic nitrogens is 1. The van der Waals surface area contributed by atoms with Crippen LogP contribution in [0.25, 0.3) is 0 Å². The van der Waals surface area contributed by atoms with Crippen LogP contribution in [0.4, 0.5) is 5.69 Å². The summed E-state index contributed by atoms with van der Waals surface area (Å²) < 4.78 is 0. The first-order chi connectivity index (χ1) is 13.7. The van der Waals surface area contributed by atoms with Gasteiger partial charge in [-0.1, -0.05) is 17.7 Å². The molecule has 1 aromatic carbocycles. The van der Waals surface area contributed by atoms with E-state index in [0.717, 1.165) is 22.4 Å². The lowest BCUT2D eigenvalue weighted by molar-refractivity contribution is -0.128. The summed E-state index contributed by atoms with van der Waals surface area (Å²) in [7, 11) is 0. The SMILES string of the molecule is Cc1ccc(NCC(=O)NNC(=O)CCc2c(C)[nH]c(=O)c(C#N)c2C)c(C)c1. The van der Waals surface area contributed by atoms with E-state index >= 15 is 0 Å². The zero-order valence-corrected chi connectivity index (χ0v) is 17.0. The average molecular weight is 395 g/mol. The lowest BCUT2D eigenvalue weighted by Gasteiger charge is -2.12. The standard InChI is InChI=1S/C21H25N5O3/c1-12-5-7-18(13(2)9-12)23-11-20(28)26-25-19(27)8-6-16-14(3)17(10-22)21(29)24-15(16)4/h5,7,9,23H,6,8,11H2,1-4H3,(H,24,29)(H,25,27)(H,26,28). The zero-order valence-electron chi connectivity index (χ0n) is 17.0. The summed E-state index contributed by atoms with van der Waals surface area (Å²) in [4.78, 5) is 38.4. The predicted molar refractivity (Wildman–Crippen MR) is 110 cm³/mol. The molecule has 0 radical (unpaired) electrons. The molecule has 0 atom stereocenters. The van der Waals surface area contributed by atoms with Gasteiger partial charge in [-0.25, -0.2) is 0 Å². The van der Waals surface area contributed by atoms with E-state index in [0.29, 0.717) is 17.7 Å². The van der Waals surface area contributed by atoms with Gasteiger partial charge >= 0.3 is 0 Å². The number of nitrogens with zero attached hydrogens (tertiary/aromatic N) is 1. The van der Waals surface area contributed by atoms with Gasteiger partial charge in [0.2, 0.25) is 5.91 Å². The number of hydrazine groups is 1. The van der Waals surface area contributed by atoms with Gasteiger partial charge in [-0.15, -0.1) is 0 Å². The quantitative estimate of drug-likeness (QED) is 0.554. The van der Waals surface area contributed by atoms with E-state index in [1.54, 1.807) is 13.8 Å². The third-order valence-corrected chi connectivity index (χ3v) is 4.68. The van der Waals surface area contributed by atoms with Crippen LogP contribution in [0, 0.1) is 39.0 Å². The minimum Gasteiger partial charge on any atom is -0.376 e. The highest BCUT2D eigenvalue weighted by Crippen LogP contribution is 2.16. The molecule has 0 unspecified atom stereocenters. The minimum absolute atomic E-state index is 0.0217. The smallest absolute Gasteiger partial charge is 0.266 e. The van der Waals surface area contributed by atoms with E-state index in [4.69, 9.17) is 5.26 Å². The Morgan fingerprint density at radius 1 is 1.10 bits per heavy atom. The zero-order chi connectivity index (χ0) is 21.6. The Kier molecular flexibility index (Phi) is 7.15. The molecule has 0 aliphatic heterocycles. The normalized spacial score (nSPS) is 10.2. The first-order valence-corrected chi connectivity index (χ1v) is 9.24. The molecule has 2 aromatic rings. The van der Waals surface area contributed by atoms with Crippen molar-refractivity contribution < 1.29 is 9.59 Å². The summed E-state index contributed by atoms with van der Waals surface area (Å²) in [6.07, 6.45) is 0.439. The van der Waals surface area contributed by atoms with Crippen molar-refractivity contribution >= 4 is 17.5 Å². The molecule has 29 heavy (non-hydrogen) atoms. The fourth-order valence-electron chi connectivity index (χ4n) is 3.09. The van der Waals surface area contributed by atoms with Crippen molar-refractivity contribution in [1.82, 2.24) is 15.8 Å². The fraction of sp³-hybridized carbons (Fsp3) is 0.333. The van der Waals surface area contributed by atoms with Crippen LogP contribution in [0.15, 0.2) is 23.0 Å². The molecule has 1 heterocycles. The first kappa shape index (κ1) is 21.7. The van der Waals surface area contributed by atoms with E-state index in [1.807, 2.05) is 38.1 Å². The summed E-state index contributed by atoms with van der Waals surface area (Å²) in [5.41, 5.74) is 9.34. The Bertz CT molecular complexity index is 1030.